The maximum absolute atomic E-state index is 3.72. The van der Waals surface area contributed by atoms with Crippen LogP contribution in [-0.4, -0.2) is 48.6 Å². The Kier molecular flexibility index (Phi) is 4.79. The molecule has 0 aromatic rings. The van der Waals surface area contributed by atoms with E-state index in [9.17, 15) is 0 Å². The topological polar surface area (TPSA) is 15.3 Å². The van der Waals surface area contributed by atoms with E-state index in [0.717, 1.165) is 11.3 Å². The lowest BCUT2D eigenvalue weighted by Gasteiger charge is -2.17. The van der Waals surface area contributed by atoms with Crippen molar-refractivity contribution in [2.45, 2.75) is 43.4 Å². The third kappa shape index (κ3) is 3.65. The number of hydrogen-bond acceptors (Lipinski definition) is 3. The minimum absolute atomic E-state index is 0.810. The molecule has 2 fully saturated rings. The molecule has 0 bridgehead atoms. The predicted octanol–water partition coefficient (Wildman–Crippen LogP) is 1.96. The van der Waals surface area contributed by atoms with Gasteiger partial charge in [-0.05, 0) is 51.4 Å². The molecular formula is C12H24N2S. The Morgan fingerprint density at radius 1 is 1.27 bits per heavy atom. The van der Waals surface area contributed by atoms with Gasteiger partial charge in [-0.1, -0.05) is 0 Å². The van der Waals surface area contributed by atoms with Crippen LogP contribution in [0, 0.1) is 0 Å². The van der Waals surface area contributed by atoms with Crippen LogP contribution in [0.4, 0.5) is 0 Å². The molecule has 1 aliphatic carbocycles. The summed E-state index contributed by atoms with van der Waals surface area (Å²) >= 11 is 2.04. The zero-order chi connectivity index (χ0) is 10.5. The van der Waals surface area contributed by atoms with Crippen LogP contribution in [0.3, 0.4) is 0 Å². The fourth-order valence-corrected chi connectivity index (χ4v) is 3.57. The fraction of sp³-hybridized carbons (Fsp3) is 1.00. The van der Waals surface area contributed by atoms with Crippen LogP contribution in [0.5, 0.6) is 0 Å². The quantitative estimate of drug-likeness (QED) is 0.774. The van der Waals surface area contributed by atoms with E-state index in [-0.39, 0.29) is 0 Å². The maximum Gasteiger partial charge on any atom is 0.0107 e. The number of nitrogens with one attached hydrogen (secondary N) is 1. The van der Waals surface area contributed by atoms with Crippen molar-refractivity contribution < 1.29 is 0 Å². The predicted molar refractivity (Wildman–Crippen MR) is 68.6 cm³/mol. The van der Waals surface area contributed by atoms with Crippen molar-refractivity contribution in [1.29, 1.82) is 0 Å². The molecule has 1 heterocycles. The minimum Gasteiger partial charge on any atom is -0.313 e. The van der Waals surface area contributed by atoms with Gasteiger partial charge >= 0.3 is 0 Å². The molecule has 0 aromatic carbocycles. The van der Waals surface area contributed by atoms with Crippen molar-refractivity contribution in [2.75, 3.05) is 32.4 Å². The lowest BCUT2D eigenvalue weighted by atomic mass is 10.2. The van der Waals surface area contributed by atoms with Crippen LogP contribution in [0.15, 0.2) is 0 Å². The highest BCUT2D eigenvalue weighted by molar-refractivity contribution is 7.99. The first kappa shape index (κ1) is 11.7. The van der Waals surface area contributed by atoms with E-state index in [1.807, 2.05) is 11.8 Å². The van der Waals surface area contributed by atoms with Crippen molar-refractivity contribution in [3.05, 3.63) is 0 Å². The first-order valence-electron chi connectivity index (χ1n) is 6.37. The second kappa shape index (κ2) is 6.12. The third-order valence-electron chi connectivity index (χ3n) is 3.78. The first-order chi connectivity index (χ1) is 7.38. The number of nitrogens with zero attached hydrogens (tertiary/aromatic N) is 1. The lowest BCUT2D eigenvalue weighted by Crippen LogP contribution is -2.35. The van der Waals surface area contributed by atoms with E-state index in [0.29, 0.717) is 0 Å². The summed E-state index contributed by atoms with van der Waals surface area (Å²) in [6, 6.07) is 0.810. The van der Waals surface area contributed by atoms with Crippen LogP contribution in [-0.2, 0) is 0 Å². The van der Waals surface area contributed by atoms with Gasteiger partial charge in [-0.3, -0.25) is 0 Å². The molecule has 0 amide bonds. The molecule has 1 N–H and O–H groups in total. The third-order valence-corrected chi connectivity index (χ3v) is 4.87. The van der Waals surface area contributed by atoms with Gasteiger partial charge in [0.15, 0.2) is 0 Å². The molecule has 0 radical (unpaired) electrons. The van der Waals surface area contributed by atoms with Gasteiger partial charge in [0.25, 0.3) is 0 Å². The smallest absolute Gasteiger partial charge is 0.0107 e. The summed E-state index contributed by atoms with van der Waals surface area (Å²) in [6.45, 7) is 5.13. The Morgan fingerprint density at radius 2 is 2.07 bits per heavy atom. The zero-order valence-electron chi connectivity index (χ0n) is 9.87. The van der Waals surface area contributed by atoms with Crippen LogP contribution in [0.25, 0.3) is 0 Å². The lowest BCUT2D eigenvalue weighted by molar-refractivity contribution is 0.327. The van der Waals surface area contributed by atoms with E-state index in [2.05, 4.69) is 16.5 Å². The Morgan fingerprint density at radius 3 is 2.73 bits per heavy atom. The van der Waals surface area contributed by atoms with Crippen molar-refractivity contribution in [2.24, 2.45) is 0 Å². The second-order valence-electron chi connectivity index (χ2n) is 4.87. The van der Waals surface area contributed by atoms with Gasteiger partial charge in [-0.15, -0.1) is 0 Å². The molecule has 2 atom stereocenters. The van der Waals surface area contributed by atoms with Crippen molar-refractivity contribution in [3.8, 4) is 0 Å². The Labute approximate surface area is 98.2 Å². The fourth-order valence-electron chi connectivity index (χ4n) is 2.77. The highest BCUT2D eigenvalue weighted by atomic mass is 32.2. The van der Waals surface area contributed by atoms with Gasteiger partial charge in [0.1, 0.15) is 0 Å². The summed E-state index contributed by atoms with van der Waals surface area (Å²) < 4.78 is 0. The molecule has 0 spiro atoms. The molecule has 2 nitrogen and oxygen atoms in total. The number of thioether (sulfide) groups is 1. The van der Waals surface area contributed by atoms with E-state index in [1.165, 1.54) is 58.3 Å². The van der Waals surface area contributed by atoms with E-state index < -0.39 is 0 Å². The summed E-state index contributed by atoms with van der Waals surface area (Å²) in [4.78, 5) is 2.59. The molecule has 2 rings (SSSR count). The van der Waals surface area contributed by atoms with Crippen molar-refractivity contribution in [1.82, 2.24) is 10.2 Å². The van der Waals surface area contributed by atoms with Gasteiger partial charge in [0.2, 0.25) is 0 Å². The first-order valence-corrected chi connectivity index (χ1v) is 7.66. The summed E-state index contributed by atoms with van der Waals surface area (Å²) in [5.41, 5.74) is 0. The normalized spacial score (nSPS) is 32.6. The molecular weight excluding hydrogens is 204 g/mol. The maximum atomic E-state index is 3.72. The van der Waals surface area contributed by atoms with Gasteiger partial charge in [-0.25, -0.2) is 0 Å². The minimum atomic E-state index is 0.810. The van der Waals surface area contributed by atoms with Gasteiger partial charge in [-0.2, -0.15) is 11.8 Å². The van der Waals surface area contributed by atoms with Crippen molar-refractivity contribution >= 4 is 11.8 Å². The van der Waals surface area contributed by atoms with Gasteiger partial charge in [0.05, 0.1) is 0 Å². The van der Waals surface area contributed by atoms with Gasteiger partial charge in [0, 0.05) is 24.4 Å². The Bertz CT molecular complexity index is 180. The summed E-state index contributed by atoms with van der Waals surface area (Å²) in [5, 5.41) is 4.64. The summed E-state index contributed by atoms with van der Waals surface area (Å²) in [5.74, 6) is 0. The molecule has 1 aliphatic heterocycles. The molecule has 88 valence electrons. The average Bonchev–Trinajstić information content (AvgIpc) is 2.88. The Hall–Kier alpha value is 0.270. The summed E-state index contributed by atoms with van der Waals surface area (Å²) in [7, 11) is 0. The highest BCUT2D eigenvalue weighted by Crippen LogP contribution is 2.27. The molecule has 2 unspecified atom stereocenters. The molecule has 1 saturated carbocycles. The Balaban J connectivity index is 1.54. The molecule has 0 aromatic heterocycles. The SMILES string of the molecule is CSC1CCC(NCCN2CCCC2)C1. The number of likely N-dealkylation sites (tertiary alicyclic amines) is 1. The van der Waals surface area contributed by atoms with Crippen LogP contribution in [0.2, 0.25) is 0 Å². The monoisotopic (exact) mass is 228 g/mol. The molecule has 1 saturated heterocycles. The molecule has 2 aliphatic rings. The van der Waals surface area contributed by atoms with E-state index in [1.54, 1.807) is 0 Å². The van der Waals surface area contributed by atoms with Crippen molar-refractivity contribution in [3.63, 3.8) is 0 Å². The van der Waals surface area contributed by atoms with E-state index >= 15 is 0 Å². The van der Waals surface area contributed by atoms with Crippen LogP contribution >= 0.6 is 11.8 Å². The van der Waals surface area contributed by atoms with Gasteiger partial charge < -0.3 is 10.2 Å². The highest BCUT2D eigenvalue weighted by Gasteiger charge is 2.23. The standard InChI is InChI=1S/C12H24N2S/c1-15-12-5-4-11(10-12)13-6-9-14-7-2-3-8-14/h11-13H,2-10H2,1H3. The second-order valence-corrected chi connectivity index (χ2v) is 6.01. The molecule has 15 heavy (non-hydrogen) atoms. The zero-order valence-corrected chi connectivity index (χ0v) is 10.7. The van der Waals surface area contributed by atoms with Crippen LogP contribution in [0.1, 0.15) is 32.1 Å². The number of rotatable bonds is 5. The van der Waals surface area contributed by atoms with E-state index in [4.69, 9.17) is 0 Å². The average molecular weight is 228 g/mol. The summed E-state index contributed by atoms with van der Waals surface area (Å²) in [6.07, 6.45) is 9.28. The molecule has 3 heteroatoms. The van der Waals surface area contributed by atoms with Crippen LogP contribution < -0.4 is 5.32 Å². The number of hydrogen-bond donors (Lipinski definition) is 1. The largest absolute Gasteiger partial charge is 0.313 e.